The van der Waals surface area contributed by atoms with Gasteiger partial charge in [0, 0.05) is 24.3 Å². The first-order valence-corrected chi connectivity index (χ1v) is 8.27. The molecular formula is C17H13BrN6O8. The van der Waals surface area contributed by atoms with Gasteiger partial charge in [0.05, 0.1) is 51.4 Å². The number of H-pyrrole nitrogens is 2. The van der Waals surface area contributed by atoms with Crippen LogP contribution in [0, 0.1) is 20.2 Å². The molecule has 3 N–H and O–H groups in total. The van der Waals surface area contributed by atoms with Crippen LogP contribution in [0.1, 0.15) is 0 Å². The van der Waals surface area contributed by atoms with Gasteiger partial charge in [0.25, 0.3) is 11.1 Å². The molecule has 4 rings (SSSR count). The van der Waals surface area contributed by atoms with Crippen molar-refractivity contribution >= 4 is 50.2 Å². The van der Waals surface area contributed by atoms with E-state index in [1.54, 1.807) is 0 Å². The van der Waals surface area contributed by atoms with Crippen LogP contribution in [-0.4, -0.2) is 42.0 Å². The molecule has 0 aliphatic carbocycles. The zero-order valence-electron chi connectivity index (χ0n) is 16.0. The van der Waals surface area contributed by atoms with Crippen molar-refractivity contribution in [1.82, 2.24) is 19.9 Å². The molecule has 0 saturated carbocycles. The van der Waals surface area contributed by atoms with Crippen molar-refractivity contribution < 1.29 is 19.7 Å². The average molecular weight is 509 g/mol. The number of aromatic amines is 2. The maximum atomic E-state index is 11.4. The highest BCUT2D eigenvalue weighted by Crippen LogP contribution is 2.29. The van der Waals surface area contributed by atoms with Gasteiger partial charge in [0.15, 0.2) is 11.5 Å². The summed E-state index contributed by atoms with van der Waals surface area (Å²) in [6, 6.07) is 4.60. The second-order valence-corrected chi connectivity index (χ2v) is 5.88. The van der Waals surface area contributed by atoms with Gasteiger partial charge in [-0.05, 0) is 0 Å². The van der Waals surface area contributed by atoms with E-state index in [9.17, 15) is 34.9 Å². The first kappa shape index (κ1) is 23.9. The molecule has 15 heteroatoms. The Balaban J connectivity index is 0.000000220. The topological polar surface area (TPSA) is 207 Å². The number of fused-ring (bicyclic) bond motifs is 2. The maximum Gasteiger partial charge on any atom is 0.313 e. The Bertz CT molecular complexity index is 1450. The van der Waals surface area contributed by atoms with Gasteiger partial charge in [0.1, 0.15) is 0 Å². The number of hydrogen-bond acceptors (Lipinski definition) is 10. The first-order valence-electron chi connectivity index (χ1n) is 8.27. The van der Waals surface area contributed by atoms with Crippen molar-refractivity contribution in [3.63, 3.8) is 0 Å². The number of benzene rings is 2. The minimum absolute atomic E-state index is 0. The smallest absolute Gasteiger partial charge is 0.313 e. The van der Waals surface area contributed by atoms with Gasteiger partial charge in [-0.25, -0.2) is 9.97 Å². The Morgan fingerprint density at radius 2 is 1.34 bits per heavy atom. The summed E-state index contributed by atoms with van der Waals surface area (Å²) >= 11 is 0. The van der Waals surface area contributed by atoms with E-state index < -0.39 is 26.8 Å². The Hall–Kier alpha value is -4.40. The zero-order valence-corrected chi connectivity index (χ0v) is 17.7. The molecule has 0 unspecified atom stereocenters. The number of nitro groups is 2. The van der Waals surface area contributed by atoms with E-state index in [-0.39, 0.29) is 55.8 Å². The van der Waals surface area contributed by atoms with Crippen molar-refractivity contribution in [2.24, 2.45) is 0 Å². The quantitative estimate of drug-likeness (QED) is 0.270. The van der Waals surface area contributed by atoms with Crippen LogP contribution in [0.4, 0.5) is 11.4 Å². The number of hydrogen-bond donors (Lipinski definition) is 3. The predicted octanol–water partition coefficient (Wildman–Crippen LogP) is 1.95. The van der Waals surface area contributed by atoms with Crippen LogP contribution in [0.25, 0.3) is 21.8 Å². The summed E-state index contributed by atoms with van der Waals surface area (Å²) < 4.78 is 4.85. The fraction of sp³-hybridized carbons (Fsp3) is 0.0588. The molecule has 4 aromatic rings. The number of ether oxygens (including phenoxy) is 1. The number of nitrogens with zero attached hydrogens (tertiary/aromatic N) is 4. The molecule has 32 heavy (non-hydrogen) atoms. The molecule has 0 aliphatic rings. The number of nitrogens with one attached hydrogen (secondary N) is 2. The monoisotopic (exact) mass is 508 g/mol. The van der Waals surface area contributed by atoms with E-state index >= 15 is 0 Å². The molecule has 0 saturated heterocycles. The third-order valence-corrected chi connectivity index (χ3v) is 4.07. The number of rotatable bonds is 3. The number of aromatic nitrogens is 4. The van der Waals surface area contributed by atoms with Gasteiger partial charge < -0.3 is 19.8 Å². The minimum Gasteiger partial charge on any atom is -0.502 e. The standard InChI is InChI=1S/C9H7N3O4.C8H5N3O4.BrH/c1-16-8-2-5-6(3-7(8)12(14)15)10-4-11-9(5)13;12-7-1-4-5(2-6(7)11(14)15)9-3-10-8(4)13;/h2-4H,1H3,(H,10,11,13);1-3,12H,(H,9,10,13);1H. The zero-order chi connectivity index (χ0) is 22.7. The molecule has 2 aromatic heterocycles. The number of halogens is 1. The van der Waals surface area contributed by atoms with Gasteiger partial charge in [0.2, 0.25) is 0 Å². The highest BCUT2D eigenvalue weighted by atomic mass is 79.9. The molecule has 0 aliphatic heterocycles. The van der Waals surface area contributed by atoms with Gasteiger partial charge >= 0.3 is 11.4 Å². The van der Waals surface area contributed by atoms with E-state index in [0.717, 1.165) is 18.5 Å². The van der Waals surface area contributed by atoms with E-state index in [1.165, 1.54) is 25.6 Å². The third kappa shape index (κ3) is 4.67. The first-order chi connectivity index (χ1) is 14.7. The molecule has 2 heterocycles. The second-order valence-electron chi connectivity index (χ2n) is 5.88. The van der Waals surface area contributed by atoms with E-state index in [2.05, 4.69) is 19.9 Å². The minimum atomic E-state index is -0.738. The summed E-state index contributed by atoms with van der Waals surface area (Å²) in [6.07, 6.45) is 2.34. The molecular weight excluding hydrogens is 496 g/mol. The Morgan fingerprint density at radius 3 is 1.81 bits per heavy atom. The maximum absolute atomic E-state index is 11.4. The molecule has 0 radical (unpaired) electrons. The summed E-state index contributed by atoms with van der Waals surface area (Å²) in [4.78, 5) is 54.8. The van der Waals surface area contributed by atoms with Crippen molar-refractivity contribution in [1.29, 1.82) is 0 Å². The number of methoxy groups -OCH3 is 1. The lowest BCUT2D eigenvalue weighted by molar-refractivity contribution is -0.385. The van der Waals surface area contributed by atoms with Gasteiger partial charge in [-0.15, -0.1) is 17.0 Å². The number of aromatic hydroxyl groups is 1. The lowest BCUT2D eigenvalue weighted by Crippen LogP contribution is -2.07. The molecule has 0 fully saturated rings. The lowest BCUT2D eigenvalue weighted by Gasteiger charge is -2.02. The van der Waals surface area contributed by atoms with Crippen molar-refractivity contribution in [2.75, 3.05) is 7.11 Å². The van der Waals surface area contributed by atoms with E-state index in [1.807, 2.05) is 0 Å². The van der Waals surface area contributed by atoms with Crippen LogP contribution in [0.2, 0.25) is 0 Å². The molecule has 2 aromatic carbocycles. The van der Waals surface area contributed by atoms with Crippen molar-refractivity contribution in [2.45, 2.75) is 0 Å². The van der Waals surface area contributed by atoms with E-state index in [4.69, 9.17) is 4.74 Å². The summed E-state index contributed by atoms with van der Waals surface area (Å²) in [5.41, 5.74) is -1.07. The molecule has 0 spiro atoms. The number of nitro benzene ring substituents is 2. The van der Waals surface area contributed by atoms with Gasteiger partial charge in [-0.2, -0.15) is 0 Å². The molecule has 0 atom stereocenters. The highest BCUT2D eigenvalue weighted by molar-refractivity contribution is 8.93. The summed E-state index contributed by atoms with van der Waals surface area (Å²) in [5.74, 6) is -0.512. The van der Waals surface area contributed by atoms with Crippen LogP contribution in [0.5, 0.6) is 11.5 Å². The Morgan fingerprint density at radius 1 is 0.875 bits per heavy atom. The average Bonchev–Trinajstić information content (AvgIpc) is 2.73. The van der Waals surface area contributed by atoms with Crippen LogP contribution >= 0.6 is 17.0 Å². The van der Waals surface area contributed by atoms with Crippen LogP contribution in [0.15, 0.2) is 46.5 Å². The predicted molar refractivity (Wildman–Crippen MR) is 117 cm³/mol. The third-order valence-electron chi connectivity index (χ3n) is 4.07. The van der Waals surface area contributed by atoms with Gasteiger partial charge in [-0.1, -0.05) is 0 Å². The lowest BCUT2D eigenvalue weighted by atomic mass is 10.2. The van der Waals surface area contributed by atoms with Crippen LogP contribution < -0.4 is 15.9 Å². The van der Waals surface area contributed by atoms with E-state index in [0.29, 0.717) is 0 Å². The summed E-state index contributed by atoms with van der Waals surface area (Å²) in [7, 11) is 1.30. The van der Waals surface area contributed by atoms with Crippen molar-refractivity contribution in [3.8, 4) is 11.5 Å². The summed E-state index contributed by atoms with van der Waals surface area (Å²) in [5, 5.41) is 30.9. The molecule has 166 valence electrons. The Kier molecular flexibility index (Phi) is 7.17. The summed E-state index contributed by atoms with van der Waals surface area (Å²) in [6.45, 7) is 0. The van der Waals surface area contributed by atoms with Crippen molar-refractivity contribution in [3.05, 3.63) is 77.9 Å². The second kappa shape index (κ2) is 9.61. The Labute approximate surface area is 186 Å². The molecule has 14 nitrogen and oxygen atoms in total. The largest absolute Gasteiger partial charge is 0.502 e. The highest BCUT2D eigenvalue weighted by Gasteiger charge is 2.17. The van der Waals surface area contributed by atoms with Crippen LogP contribution in [-0.2, 0) is 0 Å². The fourth-order valence-corrected chi connectivity index (χ4v) is 2.63. The molecule has 0 amide bonds. The normalized spacial score (nSPS) is 10.0. The molecule has 0 bridgehead atoms. The number of phenols is 1. The number of phenolic OH excluding ortho intramolecular Hbond substituents is 1. The van der Waals surface area contributed by atoms with Crippen LogP contribution in [0.3, 0.4) is 0 Å². The van der Waals surface area contributed by atoms with Gasteiger partial charge in [-0.3, -0.25) is 29.8 Å². The fourth-order valence-electron chi connectivity index (χ4n) is 2.63. The SMILES string of the molecule is Br.COc1cc2c(=O)[nH]cnc2cc1[N+](=O)[O-].O=c1[nH]cnc2cc([N+](=O)[O-])c(O)cc12.